The summed E-state index contributed by atoms with van der Waals surface area (Å²) in [6.07, 6.45) is 0.249. The highest BCUT2D eigenvalue weighted by Gasteiger charge is 2.49. The van der Waals surface area contributed by atoms with E-state index < -0.39 is 0 Å². The molecule has 4 atom stereocenters. The first-order valence-electron chi connectivity index (χ1n) is 8.57. The lowest BCUT2D eigenvalue weighted by atomic mass is 9.64. The molecule has 3 heteroatoms. The van der Waals surface area contributed by atoms with Crippen LogP contribution in [0.2, 0.25) is 0 Å². The van der Waals surface area contributed by atoms with Gasteiger partial charge in [-0.15, -0.1) is 0 Å². The summed E-state index contributed by atoms with van der Waals surface area (Å²) in [6, 6.07) is 7.04. The molecule has 0 aromatic heterocycles. The Hall–Kier alpha value is -1.22. The van der Waals surface area contributed by atoms with E-state index in [1.807, 2.05) is 12.1 Å². The van der Waals surface area contributed by atoms with Crippen molar-refractivity contribution in [2.45, 2.75) is 60.7 Å². The predicted molar refractivity (Wildman–Crippen MR) is 93.8 cm³/mol. The highest BCUT2D eigenvalue weighted by Crippen LogP contribution is 2.45. The lowest BCUT2D eigenvalue weighted by Crippen LogP contribution is -2.56. The molecule has 0 bridgehead atoms. The monoisotopic (exact) mass is 320 g/mol. The molecule has 1 N–H and O–H groups in total. The summed E-state index contributed by atoms with van der Waals surface area (Å²) in [5.74, 6) is 1.69. The molecular weight excluding hydrogens is 288 g/mol. The molecule has 1 aromatic rings. The molecule has 4 unspecified atom stereocenters. The number of phenolic OH excluding ortho intramolecular Hbond substituents is 1. The Morgan fingerprint density at radius 2 is 1.57 bits per heavy atom. The zero-order valence-electron chi connectivity index (χ0n) is 15.6. The van der Waals surface area contributed by atoms with E-state index in [1.165, 1.54) is 0 Å². The number of aromatic hydroxyl groups is 1. The van der Waals surface area contributed by atoms with Crippen LogP contribution < -0.4 is 4.74 Å². The van der Waals surface area contributed by atoms with Crippen molar-refractivity contribution in [3.63, 3.8) is 0 Å². The second-order valence-corrected chi connectivity index (χ2v) is 8.98. The number of phenols is 1. The Morgan fingerprint density at radius 3 is 2.04 bits per heavy atom. The fourth-order valence-corrected chi connectivity index (χ4v) is 3.75. The minimum absolute atomic E-state index is 0.0864. The van der Waals surface area contributed by atoms with E-state index in [4.69, 9.17) is 9.47 Å². The van der Waals surface area contributed by atoms with Crippen LogP contribution >= 0.6 is 0 Å². The Bertz CT molecular complexity index is 507. The molecule has 130 valence electrons. The van der Waals surface area contributed by atoms with Crippen molar-refractivity contribution in [1.29, 1.82) is 0 Å². The third kappa shape index (κ3) is 4.20. The number of hydrogen-bond donors (Lipinski definition) is 1. The van der Waals surface area contributed by atoms with Crippen LogP contribution in [0.25, 0.3) is 0 Å². The van der Waals surface area contributed by atoms with Crippen LogP contribution in [-0.4, -0.2) is 23.9 Å². The summed E-state index contributed by atoms with van der Waals surface area (Å²) in [5.41, 5.74) is 0.191. The van der Waals surface area contributed by atoms with Crippen molar-refractivity contribution in [3.05, 3.63) is 24.3 Å². The molecule has 3 nitrogen and oxygen atoms in total. The average Bonchev–Trinajstić information content (AvgIpc) is 2.38. The Morgan fingerprint density at radius 1 is 1.00 bits per heavy atom. The van der Waals surface area contributed by atoms with Gasteiger partial charge in [-0.2, -0.15) is 0 Å². The van der Waals surface area contributed by atoms with E-state index in [2.05, 4.69) is 48.5 Å². The van der Waals surface area contributed by atoms with Crippen molar-refractivity contribution in [1.82, 2.24) is 0 Å². The first-order valence-corrected chi connectivity index (χ1v) is 8.57. The molecule has 1 fully saturated rings. The summed E-state index contributed by atoms with van der Waals surface area (Å²) in [5, 5.41) is 9.49. The summed E-state index contributed by atoms with van der Waals surface area (Å²) in [7, 11) is 0. The minimum Gasteiger partial charge on any atom is -0.508 e. The highest BCUT2D eigenvalue weighted by molar-refractivity contribution is 5.30. The number of benzene rings is 1. The first-order chi connectivity index (χ1) is 10.5. The molecule has 23 heavy (non-hydrogen) atoms. The normalized spacial score (nSPS) is 29.3. The van der Waals surface area contributed by atoms with Gasteiger partial charge in [-0.25, -0.2) is 0 Å². The Balaban J connectivity index is 2.36. The molecule has 0 aliphatic carbocycles. The lowest BCUT2D eigenvalue weighted by Gasteiger charge is -2.51. The van der Waals surface area contributed by atoms with E-state index in [0.29, 0.717) is 11.8 Å². The third-order valence-electron chi connectivity index (χ3n) is 5.02. The largest absolute Gasteiger partial charge is 0.508 e. The van der Waals surface area contributed by atoms with Gasteiger partial charge in [0.05, 0.1) is 12.7 Å². The highest BCUT2D eigenvalue weighted by atomic mass is 16.5. The zero-order valence-corrected chi connectivity index (χ0v) is 15.6. The fraction of sp³-hybridized carbons (Fsp3) is 0.700. The van der Waals surface area contributed by atoms with Crippen LogP contribution in [0, 0.1) is 22.7 Å². The molecule has 1 heterocycles. The second-order valence-electron chi connectivity index (χ2n) is 8.98. The van der Waals surface area contributed by atoms with Crippen LogP contribution in [-0.2, 0) is 4.74 Å². The quantitative estimate of drug-likeness (QED) is 0.844. The standard InChI is InChI=1S/C20H32O3/c1-13-17(20(5,6)7)18(16(12-22-13)19(2,3)4)23-15-10-8-14(21)9-11-15/h8-11,13,16-18,21H,12H2,1-7H3. The smallest absolute Gasteiger partial charge is 0.120 e. The molecule has 0 spiro atoms. The van der Waals surface area contributed by atoms with Gasteiger partial charge in [-0.1, -0.05) is 41.5 Å². The molecule has 1 aliphatic rings. The van der Waals surface area contributed by atoms with Gasteiger partial charge in [-0.05, 0) is 42.0 Å². The predicted octanol–water partition coefficient (Wildman–Crippen LogP) is 4.88. The van der Waals surface area contributed by atoms with Gasteiger partial charge in [0.25, 0.3) is 0 Å². The van der Waals surface area contributed by atoms with Crippen LogP contribution in [0.1, 0.15) is 48.5 Å². The van der Waals surface area contributed by atoms with Gasteiger partial charge in [0.1, 0.15) is 17.6 Å². The lowest BCUT2D eigenvalue weighted by molar-refractivity contribution is -0.165. The van der Waals surface area contributed by atoms with Crippen molar-refractivity contribution in [3.8, 4) is 11.5 Å². The number of ether oxygens (including phenoxy) is 2. The maximum absolute atomic E-state index is 9.49. The fourth-order valence-electron chi connectivity index (χ4n) is 3.75. The van der Waals surface area contributed by atoms with Gasteiger partial charge < -0.3 is 14.6 Å². The SMILES string of the molecule is CC1OCC(C(C)(C)C)C(Oc2ccc(O)cc2)C1C(C)(C)C. The average molecular weight is 320 g/mol. The van der Waals surface area contributed by atoms with Crippen LogP contribution in [0.15, 0.2) is 24.3 Å². The Kier molecular flexibility index (Phi) is 5.00. The minimum atomic E-state index is 0.0864. The topological polar surface area (TPSA) is 38.7 Å². The summed E-state index contributed by atoms with van der Waals surface area (Å²) >= 11 is 0. The maximum Gasteiger partial charge on any atom is 0.120 e. The maximum atomic E-state index is 9.49. The summed E-state index contributed by atoms with van der Waals surface area (Å²) in [6.45, 7) is 16.4. The molecule has 2 rings (SSSR count). The summed E-state index contributed by atoms with van der Waals surface area (Å²) < 4.78 is 12.6. The van der Waals surface area contributed by atoms with Gasteiger partial charge in [0.2, 0.25) is 0 Å². The van der Waals surface area contributed by atoms with Crippen LogP contribution in [0.4, 0.5) is 0 Å². The van der Waals surface area contributed by atoms with Crippen molar-refractivity contribution in [2.24, 2.45) is 22.7 Å². The van der Waals surface area contributed by atoms with Crippen LogP contribution in [0.3, 0.4) is 0 Å². The van der Waals surface area contributed by atoms with Gasteiger partial charge in [0, 0.05) is 11.8 Å². The summed E-state index contributed by atoms with van der Waals surface area (Å²) in [4.78, 5) is 0. The van der Waals surface area contributed by atoms with E-state index in [0.717, 1.165) is 12.4 Å². The molecular formula is C20H32O3. The van der Waals surface area contributed by atoms with Gasteiger partial charge in [-0.3, -0.25) is 0 Å². The zero-order chi connectivity index (χ0) is 17.4. The van der Waals surface area contributed by atoms with Gasteiger partial charge >= 0.3 is 0 Å². The molecule has 1 saturated heterocycles. The van der Waals surface area contributed by atoms with Crippen LogP contribution in [0.5, 0.6) is 11.5 Å². The first kappa shape index (κ1) is 18.1. The van der Waals surface area contributed by atoms with E-state index in [9.17, 15) is 5.11 Å². The van der Waals surface area contributed by atoms with Gasteiger partial charge in [0.15, 0.2) is 0 Å². The number of hydrogen-bond acceptors (Lipinski definition) is 3. The van der Waals surface area contributed by atoms with Crippen molar-refractivity contribution >= 4 is 0 Å². The van der Waals surface area contributed by atoms with E-state index >= 15 is 0 Å². The number of rotatable bonds is 2. The molecule has 1 aliphatic heterocycles. The third-order valence-corrected chi connectivity index (χ3v) is 5.02. The van der Waals surface area contributed by atoms with E-state index in [-0.39, 0.29) is 28.8 Å². The molecule has 1 aromatic carbocycles. The van der Waals surface area contributed by atoms with Crippen molar-refractivity contribution in [2.75, 3.05) is 6.61 Å². The Labute approximate surface area is 141 Å². The van der Waals surface area contributed by atoms with E-state index in [1.54, 1.807) is 12.1 Å². The molecule has 0 amide bonds. The second kappa shape index (κ2) is 6.35. The van der Waals surface area contributed by atoms with Crippen molar-refractivity contribution < 1.29 is 14.6 Å². The molecule has 0 saturated carbocycles. The molecule has 0 radical (unpaired) electrons.